The molecule has 2 aromatic carbocycles. The van der Waals surface area contributed by atoms with Crippen molar-refractivity contribution >= 4 is 29.7 Å². The summed E-state index contributed by atoms with van der Waals surface area (Å²) < 4.78 is 5.13. The number of benzene rings is 2. The largest absolute Gasteiger partial charge is 0.449 e. The number of imide groups is 2. The summed E-state index contributed by atoms with van der Waals surface area (Å²) in [7, 11) is 0. The molecule has 2 N–H and O–H groups in total. The monoisotopic (exact) mass is 451 g/mol. The van der Waals surface area contributed by atoms with Crippen molar-refractivity contribution in [2.75, 3.05) is 0 Å². The number of carbonyl (C=O) groups is 5. The summed E-state index contributed by atoms with van der Waals surface area (Å²) in [5.74, 6) is -2.63. The van der Waals surface area contributed by atoms with Crippen LogP contribution in [0.3, 0.4) is 0 Å². The maximum atomic E-state index is 12.8. The third-order valence-electron chi connectivity index (χ3n) is 4.77. The van der Waals surface area contributed by atoms with Crippen molar-refractivity contribution < 1.29 is 28.7 Å². The van der Waals surface area contributed by atoms with Crippen LogP contribution in [0.25, 0.3) is 0 Å². The molecule has 33 heavy (non-hydrogen) atoms. The topological polar surface area (TPSA) is 122 Å². The standard InChI is InChI=1S/C24H25N3O6/c1-14(19(28)25-23(32)26-24(2,3)4)33-22(31)16-10-11-17-18(12-16)21(30)27(20(17)29)13-15-8-6-5-7-9-15/h5-12,14H,13H2,1-4H3,(H2,25,26,28,32). The molecular formula is C24H25N3O6. The van der Waals surface area contributed by atoms with E-state index in [4.69, 9.17) is 4.74 Å². The summed E-state index contributed by atoms with van der Waals surface area (Å²) >= 11 is 0. The Bertz CT molecular complexity index is 1120. The van der Waals surface area contributed by atoms with Crippen LogP contribution in [-0.4, -0.2) is 46.3 Å². The van der Waals surface area contributed by atoms with Gasteiger partial charge in [-0.25, -0.2) is 9.59 Å². The molecule has 0 aliphatic carbocycles. The van der Waals surface area contributed by atoms with Crippen molar-refractivity contribution in [1.82, 2.24) is 15.5 Å². The Morgan fingerprint density at radius 1 is 0.970 bits per heavy atom. The molecule has 5 amide bonds. The fraction of sp³-hybridized carbons (Fsp3) is 0.292. The predicted octanol–water partition coefficient (Wildman–Crippen LogP) is 2.65. The molecule has 0 saturated heterocycles. The molecule has 1 unspecified atom stereocenters. The smallest absolute Gasteiger partial charge is 0.338 e. The average Bonchev–Trinajstić information content (AvgIpc) is 2.97. The van der Waals surface area contributed by atoms with Crippen LogP contribution in [0.2, 0.25) is 0 Å². The van der Waals surface area contributed by atoms with E-state index in [1.165, 1.54) is 25.1 Å². The fourth-order valence-corrected chi connectivity index (χ4v) is 3.19. The maximum absolute atomic E-state index is 12.8. The molecule has 0 aromatic heterocycles. The lowest BCUT2D eigenvalue weighted by Crippen LogP contribution is -2.50. The van der Waals surface area contributed by atoms with Gasteiger partial charge in [0.15, 0.2) is 6.10 Å². The minimum absolute atomic E-state index is 0.00949. The molecule has 0 radical (unpaired) electrons. The molecule has 0 bridgehead atoms. The van der Waals surface area contributed by atoms with Gasteiger partial charge in [0.05, 0.1) is 23.2 Å². The Hall–Kier alpha value is -4.01. The van der Waals surface area contributed by atoms with Crippen LogP contribution in [0.5, 0.6) is 0 Å². The Balaban J connectivity index is 1.67. The first kappa shape index (κ1) is 23.6. The second kappa shape index (κ2) is 9.23. The van der Waals surface area contributed by atoms with Gasteiger partial charge in [0.25, 0.3) is 17.7 Å². The summed E-state index contributed by atoms with van der Waals surface area (Å²) in [6.45, 7) is 6.69. The summed E-state index contributed by atoms with van der Waals surface area (Å²) in [6, 6.07) is 12.4. The lowest BCUT2D eigenvalue weighted by atomic mass is 10.1. The number of hydrogen-bond acceptors (Lipinski definition) is 6. The SMILES string of the molecule is CC(OC(=O)c1ccc2c(c1)C(=O)N(Cc1ccccc1)C2=O)C(=O)NC(=O)NC(C)(C)C. The van der Waals surface area contributed by atoms with Gasteiger partial charge < -0.3 is 10.1 Å². The fourth-order valence-electron chi connectivity index (χ4n) is 3.19. The van der Waals surface area contributed by atoms with Crippen molar-refractivity contribution in [3.63, 3.8) is 0 Å². The van der Waals surface area contributed by atoms with Crippen molar-refractivity contribution in [2.24, 2.45) is 0 Å². The molecule has 0 spiro atoms. The predicted molar refractivity (Wildman–Crippen MR) is 118 cm³/mol. The first-order valence-corrected chi connectivity index (χ1v) is 10.3. The zero-order chi connectivity index (χ0) is 24.3. The van der Waals surface area contributed by atoms with Crippen molar-refractivity contribution in [3.8, 4) is 0 Å². The summed E-state index contributed by atoms with van der Waals surface area (Å²) in [4.78, 5) is 63.1. The first-order chi connectivity index (χ1) is 15.5. The normalized spacial score (nSPS) is 13.9. The van der Waals surface area contributed by atoms with Gasteiger partial charge in [0.2, 0.25) is 0 Å². The van der Waals surface area contributed by atoms with Crippen LogP contribution in [0, 0.1) is 0 Å². The Morgan fingerprint density at radius 3 is 2.24 bits per heavy atom. The van der Waals surface area contributed by atoms with Crippen LogP contribution in [0.15, 0.2) is 48.5 Å². The third kappa shape index (κ3) is 5.62. The highest BCUT2D eigenvalue weighted by Gasteiger charge is 2.36. The molecule has 1 aliphatic heterocycles. The summed E-state index contributed by atoms with van der Waals surface area (Å²) in [5, 5.41) is 4.67. The minimum atomic E-state index is -1.26. The van der Waals surface area contributed by atoms with Crippen LogP contribution in [0.1, 0.15) is 64.3 Å². The van der Waals surface area contributed by atoms with E-state index >= 15 is 0 Å². The number of carbonyl (C=O) groups excluding carboxylic acids is 5. The molecule has 1 aliphatic rings. The van der Waals surface area contributed by atoms with Gasteiger partial charge in [0.1, 0.15) is 0 Å². The van der Waals surface area contributed by atoms with Gasteiger partial charge in [-0.2, -0.15) is 0 Å². The number of esters is 1. The Kier molecular flexibility index (Phi) is 6.62. The zero-order valence-electron chi connectivity index (χ0n) is 18.8. The molecule has 172 valence electrons. The Labute approximate surface area is 191 Å². The minimum Gasteiger partial charge on any atom is -0.449 e. The third-order valence-corrected chi connectivity index (χ3v) is 4.77. The maximum Gasteiger partial charge on any atom is 0.338 e. The van der Waals surface area contributed by atoms with Gasteiger partial charge in [-0.05, 0) is 51.5 Å². The van der Waals surface area contributed by atoms with Crippen LogP contribution in [0.4, 0.5) is 4.79 Å². The molecule has 1 heterocycles. The summed E-state index contributed by atoms with van der Waals surface area (Å²) in [6.07, 6.45) is -1.26. The molecule has 9 nitrogen and oxygen atoms in total. The second-order valence-corrected chi connectivity index (χ2v) is 8.68. The van der Waals surface area contributed by atoms with Crippen LogP contribution < -0.4 is 10.6 Å². The van der Waals surface area contributed by atoms with E-state index in [0.717, 1.165) is 10.5 Å². The van der Waals surface area contributed by atoms with Crippen molar-refractivity contribution in [1.29, 1.82) is 0 Å². The number of amides is 5. The highest BCUT2D eigenvalue weighted by Crippen LogP contribution is 2.26. The first-order valence-electron chi connectivity index (χ1n) is 10.3. The molecule has 0 saturated carbocycles. The Morgan fingerprint density at radius 2 is 1.61 bits per heavy atom. The number of nitrogens with one attached hydrogen (secondary N) is 2. The lowest BCUT2D eigenvalue weighted by Gasteiger charge is -2.21. The van der Waals surface area contributed by atoms with E-state index in [-0.39, 0.29) is 23.2 Å². The number of rotatable bonds is 5. The van der Waals surface area contributed by atoms with E-state index in [9.17, 15) is 24.0 Å². The van der Waals surface area contributed by atoms with E-state index < -0.39 is 41.4 Å². The number of fused-ring (bicyclic) bond motifs is 1. The van der Waals surface area contributed by atoms with Gasteiger partial charge in [0, 0.05) is 5.54 Å². The van der Waals surface area contributed by atoms with E-state index in [2.05, 4.69) is 10.6 Å². The van der Waals surface area contributed by atoms with Gasteiger partial charge in [-0.1, -0.05) is 30.3 Å². The molecule has 1 atom stereocenters. The van der Waals surface area contributed by atoms with Gasteiger partial charge >= 0.3 is 12.0 Å². The lowest BCUT2D eigenvalue weighted by molar-refractivity contribution is -0.127. The average molecular weight is 451 g/mol. The molecular weight excluding hydrogens is 426 g/mol. The van der Waals surface area contributed by atoms with Crippen LogP contribution in [-0.2, 0) is 16.1 Å². The van der Waals surface area contributed by atoms with E-state index in [1.807, 2.05) is 18.2 Å². The summed E-state index contributed by atoms with van der Waals surface area (Å²) in [5.41, 5.74) is 0.536. The molecule has 0 fully saturated rings. The highest BCUT2D eigenvalue weighted by atomic mass is 16.5. The quantitative estimate of drug-likeness (QED) is 0.532. The van der Waals surface area contributed by atoms with Crippen molar-refractivity contribution in [3.05, 3.63) is 70.8 Å². The van der Waals surface area contributed by atoms with E-state index in [1.54, 1.807) is 32.9 Å². The zero-order valence-corrected chi connectivity index (χ0v) is 18.8. The molecule has 9 heteroatoms. The van der Waals surface area contributed by atoms with Gasteiger partial charge in [-0.15, -0.1) is 0 Å². The van der Waals surface area contributed by atoms with Crippen LogP contribution >= 0.6 is 0 Å². The second-order valence-electron chi connectivity index (χ2n) is 8.68. The number of urea groups is 1. The number of ether oxygens (including phenoxy) is 1. The van der Waals surface area contributed by atoms with Crippen molar-refractivity contribution in [2.45, 2.75) is 45.9 Å². The molecule has 2 aromatic rings. The highest BCUT2D eigenvalue weighted by molar-refractivity contribution is 6.21. The van der Waals surface area contributed by atoms with Gasteiger partial charge in [-0.3, -0.25) is 24.6 Å². The number of hydrogen-bond donors (Lipinski definition) is 2. The molecule has 3 rings (SSSR count). The number of nitrogens with zero attached hydrogens (tertiary/aromatic N) is 1. The van der Waals surface area contributed by atoms with E-state index in [0.29, 0.717) is 0 Å².